The van der Waals surface area contributed by atoms with Crippen LogP contribution in [0.1, 0.15) is 25.7 Å². The van der Waals surface area contributed by atoms with Crippen molar-refractivity contribution < 1.29 is 13.6 Å². The molecule has 0 radical (unpaired) electrons. The number of carbonyl (C=O) groups excluding carboxylic acids is 1. The molecule has 2 aromatic heterocycles. The summed E-state index contributed by atoms with van der Waals surface area (Å²) in [6, 6.07) is 2.23. The van der Waals surface area contributed by atoms with Gasteiger partial charge in [-0.1, -0.05) is 6.58 Å². The van der Waals surface area contributed by atoms with Crippen LogP contribution < -0.4 is 5.32 Å². The first kappa shape index (κ1) is 17.3. The van der Waals surface area contributed by atoms with Crippen molar-refractivity contribution in [3.8, 4) is 0 Å². The summed E-state index contributed by atoms with van der Waals surface area (Å²) < 4.78 is 22.3. The predicted molar refractivity (Wildman–Crippen MR) is 91.5 cm³/mol. The van der Waals surface area contributed by atoms with Gasteiger partial charge in [0.05, 0.1) is 6.20 Å². The van der Waals surface area contributed by atoms with Gasteiger partial charge in [-0.05, 0) is 25.0 Å². The molecule has 4 rings (SSSR count). The summed E-state index contributed by atoms with van der Waals surface area (Å²) in [7, 11) is 0. The van der Waals surface area contributed by atoms with Crippen molar-refractivity contribution in [2.75, 3.05) is 18.4 Å². The molecule has 134 valence electrons. The molecule has 6 nitrogen and oxygen atoms in total. The van der Waals surface area contributed by atoms with E-state index in [-0.39, 0.29) is 18.7 Å². The molecule has 8 heteroatoms. The van der Waals surface area contributed by atoms with Gasteiger partial charge in [0.2, 0.25) is 11.8 Å². The highest BCUT2D eigenvalue weighted by Crippen LogP contribution is 2.40. The van der Waals surface area contributed by atoms with Crippen molar-refractivity contribution in [1.29, 1.82) is 0 Å². The summed E-state index contributed by atoms with van der Waals surface area (Å²) in [6.45, 7) is 5.02. The minimum atomic E-state index is -2.25. The van der Waals surface area contributed by atoms with Crippen molar-refractivity contribution in [3.63, 3.8) is 0 Å². The number of aromatic nitrogens is 3. The molecular weight excluding hydrogens is 328 g/mol. The van der Waals surface area contributed by atoms with Crippen LogP contribution in [0.15, 0.2) is 31.1 Å². The molecule has 0 aromatic carbocycles. The summed E-state index contributed by atoms with van der Waals surface area (Å²) in [4.78, 5) is 25.2. The molecule has 3 heterocycles. The molecule has 1 saturated heterocycles. The average molecular weight is 349 g/mol. The summed E-state index contributed by atoms with van der Waals surface area (Å²) in [5, 5.41) is 3.39. The fraction of sp³-hybridized carbons (Fsp3) is 0.471. The lowest BCUT2D eigenvalue weighted by molar-refractivity contribution is -0.126. The minimum Gasteiger partial charge on any atom is -0.366 e. The molecule has 1 amide bonds. The van der Waals surface area contributed by atoms with Crippen LogP contribution in [0.5, 0.6) is 0 Å². The normalized spacial score (nSPS) is 19.0. The van der Waals surface area contributed by atoms with E-state index in [1.807, 2.05) is 17.2 Å². The van der Waals surface area contributed by atoms with Crippen molar-refractivity contribution in [1.82, 2.24) is 19.9 Å². The average Bonchev–Trinajstić information content (AvgIpc) is 3.11. The van der Waals surface area contributed by atoms with E-state index < -0.39 is 5.92 Å². The zero-order chi connectivity index (χ0) is 17.9. The fourth-order valence-corrected chi connectivity index (χ4v) is 2.58. The van der Waals surface area contributed by atoms with Gasteiger partial charge >= 0.3 is 0 Å². The van der Waals surface area contributed by atoms with Gasteiger partial charge in [0.1, 0.15) is 11.3 Å². The lowest BCUT2D eigenvalue weighted by atomic mass is 10.1. The first-order valence-electron chi connectivity index (χ1n) is 8.33. The molecule has 1 aliphatic carbocycles. The number of nitrogens with zero attached hydrogens (tertiary/aromatic N) is 3. The van der Waals surface area contributed by atoms with Crippen LogP contribution in [0.25, 0.3) is 11.2 Å². The maximum Gasteiger partial charge on any atom is 0.248 e. The molecule has 0 unspecified atom stereocenters. The summed E-state index contributed by atoms with van der Waals surface area (Å²) >= 11 is 0. The molecule has 1 saturated carbocycles. The van der Waals surface area contributed by atoms with Gasteiger partial charge in [-0.15, -0.1) is 0 Å². The molecule has 0 spiro atoms. The third-order valence-electron chi connectivity index (χ3n) is 4.22. The SMILES string of the molecule is C=CC(=O)N1CCC(Nc2cnc3[nH]ccc3n2)CC1.FC1(F)CC1. The second kappa shape index (κ2) is 7.16. The molecular formula is C17H21F2N5O. The molecule has 2 aromatic rings. The zero-order valence-corrected chi connectivity index (χ0v) is 13.8. The maximum absolute atomic E-state index is 11.5. The number of rotatable bonds is 3. The number of hydrogen-bond acceptors (Lipinski definition) is 4. The topological polar surface area (TPSA) is 73.9 Å². The second-order valence-corrected chi connectivity index (χ2v) is 6.27. The van der Waals surface area contributed by atoms with Crippen molar-refractivity contribution in [3.05, 3.63) is 31.1 Å². The highest BCUT2D eigenvalue weighted by molar-refractivity contribution is 5.87. The van der Waals surface area contributed by atoms with Crippen molar-refractivity contribution in [2.24, 2.45) is 0 Å². The molecule has 2 N–H and O–H groups in total. The van der Waals surface area contributed by atoms with Crippen LogP contribution in [-0.2, 0) is 4.79 Å². The Morgan fingerprint density at radius 3 is 2.68 bits per heavy atom. The molecule has 2 aliphatic rings. The van der Waals surface area contributed by atoms with Crippen molar-refractivity contribution >= 4 is 22.9 Å². The predicted octanol–water partition coefficient (Wildman–Crippen LogP) is 2.96. The van der Waals surface area contributed by atoms with Crippen LogP contribution in [0.2, 0.25) is 0 Å². The second-order valence-electron chi connectivity index (χ2n) is 6.27. The van der Waals surface area contributed by atoms with Gasteiger partial charge in [0.15, 0.2) is 5.65 Å². The minimum absolute atomic E-state index is 0.0111. The van der Waals surface area contributed by atoms with Crippen LogP contribution >= 0.6 is 0 Å². The number of piperidine rings is 1. The number of halogens is 2. The lowest BCUT2D eigenvalue weighted by Crippen LogP contribution is -2.41. The van der Waals surface area contributed by atoms with Gasteiger partial charge in [0, 0.05) is 38.2 Å². The van der Waals surface area contributed by atoms with E-state index in [4.69, 9.17) is 0 Å². The quantitative estimate of drug-likeness (QED) is 0.836. The zero-order valence-electron chi connectivity index (χ0n) is 13.8. The van der Waals surface area contributed by atoms with Crippen LogP contribution in [0.3, 0.4) is 0 Å². The lowest BCUT2D eigenvalue weighted by Gasteiger charge is -2.31. The first-order chi connectivity index (χ1) is 12.0. The summed E-state index contributed by atoms with van der Waals surface area (Å²) in [5.41, 5.74) is 1.65. The van der Waals surface area contributed by atoms with E-state index >= 15 is 0 Å². The highest BCUT2D eigenvalue weighted by atomic mass is 19.3. The van der Waals surface area contributed by atoms with E-state index in [1.54, 1.807) is 6.20 Å². The van der Waals surface area contributed by atoms with Crippen LogP contribution in [0, 0.1) is 0 Å². The number of hydrogen-bond donors (Lipinski definition) is 2. The van der Waals surface area contributed by atoms with E-state index in [9.17, 15) is 13.6 Å². The van der Waals surface area contributed by atoms with E-state index in [1.165, 1.54) is 6.08 Å². The summed E-state index contributed by atoms with van der Waals surface area (Å²) in [6.07, 6.45) is 6.99. The van der Waals surface area contributed by atoms with Gasteiger partial charge in [-0.2, -0.15) is 0 Å². The Kier molecular flexibility index (Phi) is 4.96. The number of anilines is 1. The smallest absolute Gasteiger partial charge is 0.248 e. The monoisotopic (exact) mass is 349 g/mol. The molecule has 25 heavy (non-hydrogen) atoms. The van der Waals surface area contributed by atoms with E-state index in [0.717, 1.165) is 42.9 Å². The van der Waals surface area contributed by atoms with Gasteiger partial charge < -0.3 is 15.2 Å². The largest absolute Gasteiger partial charge is 0.366 e. The Labute approximate surface area is 144 Å². The number of alkyl halides is 2. The number of nitrogens with one attached hydrogen (secondary N) is 2. The third kappa shape index (κ3) is 4.74. The van der Waals surface area contributed by atoms with Gasteiger partial charge in [0.25, 0.3) is 0 Å². The first-order valence-corrected chi connectivity index (χ1v) is 8.33. The molecule has 2 fully saturated rings. The highest BCUT2D eigenvalue weighted by Gasteiger charge is 2.43. The number of H-pyrrole nitrogens is 1. The number of likely N-dealkylation sites (tertiary alicyclic amines) is 1. The Morgan fingerprint density at radius 2 is 2.08 bits per heavy atom. The van der Waals surface area contributed by atoms with Gasteiger partial charge in [-0.25, -0.2) is 18.7 Å². The fourth-order valence-electron chi connectivity index (χ4n) is 2.58. The number of aromatic amines is 1. The van der Waals surface area contributed by atoms with Gasteiger partial charge in [-0.3, -0.25) is 4.79 Å². The van der Waals surface area contributed by atoms with Crippen LogP contribution in [-0.4, -0.2) is 50.8 Å². The Hall–Kier alpha value is -2.51. The number of carbonyl (C=O) groups is 1. The molecule has 1 aliphatic heterocycles. The Morgan fingerprint density at radius 1 is 1.40 bits per heavy atom. The standard InChI is InChI=1S/C14H17N5O.C3H4F2/c1-2-13(20)19-7-4-10(5-8-19)17-12-9-16-14-11(18-12)3-6-15-14;4-3(5)1-2-3/h2-3,6,9-10H,1,4-5,7-8H2,(H,15,16)(H,17,18);1-2H2. The number of fused-ring (bicyclic) bond motifs is 1. The van der Waals surface area contributed by atoms with Crippen molar-refractivity contribution in [2.45, 2.75) is 37.6 Å². The Bertz CT molecular complexity index is 746. The van der Waals surface area contributed by atoms with E-state index in [2.05, 4.69) is 26.8 Å². The van der Waals surface area contributed by atoms with Crippen LogP contribution in [0.4, 0.5) is 14.6 Å². The maximum atomic E-state index is 11.5. The molecule has 0 atom stereocenters. The molecule has 0 bridgehead atoms. The summed E-state index contributed by atoms with van der Waals surface area (Å²) in [5.74, 6) is -1.46. The number of amides is 1. The third-order valence-corrected chi connectivity index (χ3v) is 4.22. The van der Waals surface area contributed by atoms with E-state index in [0.29, 0.717) is 6.04 Å². The Balaban J connectivity index is 0.000000314.